The molecule has 0 amide bonds. The Labute approximate surface area is 174 Å². The van der Waals surface area contributed by atoms with Crippen LogP contribution in [0.5, 0.6) is 5.75 Å². The van der Waals surface area contributed by atoms with Crippen molar-refractivity contribution in [1.82, 2.24) is 10.3 Å². The van der Waals surface area contributed by atoms with Gasteiger partial charge in [0.05, 0.1) is 5.56 Å². The van der Waals surface area contributed by atoms with Gasteiger partial charge in [-0.1, -0.05) is 0 Å². The van der Waals surface area contributed by atoms with E-state index in [-0.39, 0.29) is 11.7 Å². The normalized spacial score (nSPS) is 15.7. The van der Waals surface area contributed by atoms with Crippen LogP contribution in [0.25, 0.3) is 11.0 Å². The fourth-order valence-corrected chi connectivity index (χ4v) is 3.80. The summed E-state index contributed by atoms with van der Waals surface area (Å²) in [4.78, 5) is 18.0. The first-order chi connectivity index (χ1) is 14.6. The number of nitrogens with zero attached hydrogens (tertiary/aromatic N) is 3. The molecule has 0 bridgehead atoms. The molecule has 1 aliphatic heterocycles. The Balaban J connectivity index is 1.28. The minimum atomic E-state index is -0.367. The average molecular weight is 404 g/mol. The molecule has 0 spiro atoms. The summed E-state index contributed by atoms with van der Waals surface area (Å²) < 4.78 is 11.1. The predicted octanol–water partition coefficient (Wildman–Crippen LogP) is 3.09. The highest BCUT2D eigenvalue weighted by atomic mass is 16.5. The molecule has 0 radical (unpaired) electrons. The molecule has 1 aromatic carbocycles. The van der Waals surface area contributed by atoms with Gasteiger partial charge in [-0.25, -0.2) is 9.78 Å². The zero-order valence-corrected chi connectivity index (χ0v) is 16.9. The summed E-state index contributed by atoms with van der Waals surface area (Å²) in [6.07, 6.45) is 3.69. The van der Waals surface area contributed by atoms with Crippen LogP contribution in [0.3, 0.4) is 0 Å². The summed E-state index contributed by atoms with van der Waals surface area (Å²) in [5.41, 5.74) is 0.782. The molecule has 0 saturated carbocycles. The van der Waals surface area contributed by atoms with Crippen molar-refractivity contribution in [2.75, 3.05) is 24.6 Å². The van der Waals surface area contributed by atoms with Crippen LogP contribution >= 0.6 is 0 Å². The van der Waals surface area contributed by atoms with E-state index in [2.05, 4.69) is 28.2 Å². The van der Waals surface area contributed by atoms with Gasteiger partial charge in [0.15, 0.2) is 0 Å². The van der Waals surface area contributed by atoms with E-state index in [4.69, 9.17) is 9.15 Å². The summed E-state index contributed by atoms with van der Waals surface area (Å²) in [6, 6.07) is 15.1. The van der Waals surface area contributed by atoms with Gasteiger partial charge in [0.2, 0.25) is 0 Å². The Bertz CT molecular complexity index is 1110. The molecule has 1 fully saturated rings. The number of aromatic nitrogens is 1. The van der Waals surface area contributed by atoms with Crippen molar-refractivity contribution in [1.29, 1.82) is 5.26 Å². The molecule has 4 rings (SSSR count). The molecular weight excluding hydrogens is 380 g/mol. The molecule has 1 unspecified atom stereocenters. The second-order valence-corrected chi connectivity index (χ2v) is 7.58. The summed E-state index contributed by atoms with van der Waals surface area (Å²) in [6.45, 7) is 4.34. The smallest absolute Gasteiger partial charge is 0.336 e. The van der Waals surface area contributed by atoms with Crippen LogP contribution in [0.15, 0.2) is 57.9 Å². The maximum Gasteiger partial charge on any atom is 0.336 e. The van der Waals surface area contributed by atoms with Crippen LogP contribution in [-0.4, -0.2) is 36.8 Å². The standard InChI is InChI=1S/C23H24N4O3/c1-16(15-29-20-6-4-17-5-7-22(28)30-21(17)13-20)26-19-8-11-27(12-9-19)23-18(14-24)3-2-10-25-23/h2-7,10,13,16,19,26H,8-9,11-12,15H2,1H3. The van der Waals surface area contributed by atoms with E-state index < -0.39 is 0 Å². The zero-order chi connectivity index (χ0) is 20.9. The second-order valence-electron chi connectivity index (χ2n) is 7.58. The van der Waals surface area contributed by atoms with Crippen LogP contribution < -0.4 is 20.6 Å². The highest BCUT2D eigenvalue weighted by Gasteiger charge is 2.23. The molecule has 1 saturated heterocycles. The summed E-state index contributed by atoms with van der Waals surface area (Å²) in [5.74, 6) is 1.46. The number of hydrogen-bond acceptors (Lipinski definition) is 7. The Morgan fingerprint density at radius 1 is 1.30 bits per heavy atom. The number of nitriles is 1. The van der Waals surface area contributed by atoms with Gasteiger partial charge in [-0.3, -0.25) is 0 Å². The van der Waals surface area contributed by atoms with Gasteiger partial charge in [-0.2, -0.15) is 5.26 Å². The fourth-order valence-electron chi connectivity index (χ4n) is 3.80. The lowest BCUT2D eigenvalue weighted by molar-refractivity contribution is 0.251. The molecule has 7 nitrogen and oxygen atoms in total. The van der Waals surface area contributed by atoms with Crippen molar-refractivity contribution >= 4 is 16.8 Å². The Morgan fingerprint density at radius 2 is 2.10 bits per heavy atom. The van der Waals surface area contributed by atoms with E-state index in [0.717, 1.165) is 37.1 Å². The van der Waals surface area contributed by atoms with Crippen LogP contribution in [0.4, 0.5) is 5.82 Å². The lowest BCUT2D eigenvalue weighted by Gasteiger charge is -2.34. The van der Waals surface area contributed by atoms with Gasteiger partial charge in [-0.15, -0.1) is 0 Å². The maximum absolute atomic E-state index is 11.4. The number of fused-ring (bicyclic) bond motifs is 1. The Morgan fingerprint density at radius 3 is 2.90 bits per heavy atom. The van der Waals surface area contributed by atoms with Crippen LogP contribution in [0, 0.1) is 11.3 Å². The Hall–Kier alpha value is -3.37. The molecule has 1 atom stereocenters. The topological polar surface area (TPSA) is 91.4 Å². The summed E-state index contributed by atoms with van der Waals surface area (Å²) in [5, 5.41) is 13.8. The number of anilines is 1. The number of nitrogens with one attached hydrogen (secondary N) is 1. The lowest BCUT2D eigenvalue weighted by Crippen LogP contribution is -2.47. The van der Waals surface area contributed by atoms with Crippen molar-refractivity contribution in [3.63, 3.8) is 0 Å². The minimum Gasteiger partial charge on any atom is -0.492 e. The van der Waals surface area contributed by atoms with Crippen molar-refractivity contribution < 1.29 is 9.15 Å². The quantitative estimate of drug-likeness (QED) is 0.631. The third kappa shape index (κ3) is 4.61. The van der Waals surface area contributed by atoms with E-state index in [9.17, 15) is 10.1 Å². The lowest BCUT2D eigenvalue weighted by atomic mass is 10.0. The van der Waals surface area contributed by atoms with Gasteiger partial charge in [0.25, 0.3) is 0 Å². The molecular formula is C23H24N4O3. The van der Waals surface area contributed by atoms with Crippen molar-refractivity contribution in [2.45, 2.75) is 31.8 Å². The molecule has 7 heteroatoms. The molecule has 3 aromatic rings. The molecule has 1 N–H and O–H groups in total. The Kier molecular flexibility index (Phi) is 5.96. The predicted molar refractivity (Wildman–Crippen MR) is 115 cm³/mol. The van der Waals surface area contributed by atoms with Crippen LogP contribution in [-0.2, 0) is 0 Å². The molecule has 1 aliphatic rings. The average Bonchev–Trinajstić information content (AvgIpc) is 2.78. The highest BCUT2D eigenvalue weighted by molar-refractivity contribution is 5.77. The van der Waals surface area contributed by atoms with Gasteiger partial charge in [0.1, 0.15) is 29.8 Å². The van der Waals surface area contributed by atoms with Gasteiger partial charge in [-0.05, 0) is 50.1 Å². The second kappa shape index (κ2) is 8.97. The zero-order valence-electron chi connectivity index (χ0n) is 16.9. The molecule has 0 aliphatic carbocycles. The minimum absolute atomic E-state index is 0.171. The number of hydrogen-bond donors (Lipinski definition) is 1. The number of pyridine rings is 1. The van der Waals surface area contributed by atoms with Crippen molar-refractivity contribution in [3.8, 4) is 11.8 Å². The third-order valence-corrected chi connectivity index (χ3v) is 5.32. The molecule has 2 aromatic heterocycles. The molecule has 30 heavy (non-hydrogen) atoms. The van der Waals surface area contributed by atoms with Crippen LogP contribution in [0.2, 0.25) is 0 Å². The largest absolute Gasteiger partial charge is 0.492 e. The van der Waals surface area contributed by atoms with E-state index in [0.29, 0.717) is 29.5 Å². The SMILES string of the molecule is CC(COc1ccc2ccc(=O)oc2c1)NC1CCN(c2ncccc2C#N)CC1. The molecule has 154 valence electrons. The molecule has 3 heterocycles. The van der Waals surface area contributed by atoms with Crippen molar-refractivity contribution in [3.05, 3.63) is 64.6 Å². The van der Waals surface area contributed by atoms with E-state index >= 15 is 0 Å². The van der Waals surface area contributed by atoms with E-state index in [1.165, 1.54) is 6.07 Å². The maximum atomic E-state index is 11.4. The number of rotatable bonds is 6. The number of piperidine rings is 1. The summed E-state index contributed by atoms with van der Waals surface area (Å²) in [7, 11) is 0. The monoisotopic (exact) mass is 404 g/mol. The van der Waals surface area contributed by atoms with Gasteiger partial charge in [0, 0.05) is 48.9 Å². The van der Waals surface area contributed by atoms with Gasteiger partial charge >= 0.3 is 5.63 Å². The fraction of sp³-hybridized carbons (Fsp3) is 0.348. The van der Waals surface area contributed by atoms with Crippen molar-refractivity contribution in [2.24, 2.45) is 0 Å². The first-order valence-electron chi connectivity index (χ1n) is 10.2. The number of benzene rings is 1. The first kappa shape index (κ1) is 19.9. The first-order valence-corrected chi connectivity index (χ1v) is 10.2. The van der Waals surface area contributed by atoms with Crippen LogP contribution in [0.1, 0.15) is 25.3 Å². The number of ether oxygens (including phenoxy) is 1. The third-order valence-electron chi connectivity index (χ3n) is 5.32. The highest BCUT2D eigenvalue weighted by Crippen LogP contribution is 2.22. The summed E-state index contributed by atoms with van der Waals surface area (Å²) >= 11 is 0. The van der Waals surface area contributed by atoms with E-state index in [1.807, 2.05) is 18.2 Å². The van der Waals surface area contributed by atoms with E-state index in [1.54, 1.807) is 24.4 Å². The van der Waals surface area contributed by atoms with Gasteiger partial charge < -0.3 is 19.4 Å².